The van der Waals surface area contributed by atoms with Gasteiger partial charge in [0.25, 0.3) is 0 Å². The number of halogens is 1. The fourth-order valence-electron chi connectivity index (χ4n) is 3.35. The van der Waals surface area contributed by atoms with Gasteiger partial charge in [0.2, 0.25) is 0 Å². The number of hydrogen-bond donors (Lipinski definition) is 2. The van der Waals surface area contributed by atoms with E-state index in [1.165, 1.54) is 38.2 Å². The van der Waals surface area contributed by atoms with E-state index in [0.717, 1.165) is 30.5 Å². The highest BCUT2D eigenvalue weighted by Crippen LogP contribution is 2.35. The molecule has 2 aliphatic rings. The van der Waals surface area contributed by atoms with Crippen LogP contribution in [-0.4, -0.2) is 18.8 Å². The summed E-state index contributed by atoms with van der Waals surface area (Å²) in [5.41, 5.74) is 2.05. The summed E-state index contributed by atoms with van der Waals surface area (Å²) in [5.74, 6) is 0.876. The van der Waals surface area contributed by atoms with Gasteiger partial charge in [0.05, 0.1) is 0 Å². The van der Waals surface area contributed by atoms with Gasteiger partial charge in [0.1, 0.15) is 17.4 Å². The zero-order valence-corrected chi connectivity index (χ0v) is 15.7. The van der Waals surface area contributed by atoms with Crippen molar-refractivity contribution in [1.82, 2.24) is 10.6 Å². The molecule has 25 heavy (non-hydrogen) atoms. The molecule has 0 atom stereocenters. The van der Waals surface area contributed by atoms with Gasteiger partial charge in [-0.3, -0.25) is 0 Å². The Morgan fingerprint density at radius 1 is 1.20 bits per heavy atom. The quantitative estimate of drug-likeness (QED) is 0.448. The van der Waals surface area contributed by atoms with Gasteiger partial charge < -0.3 is 10.6 Å². The number of allylic oxidation sites excluding steroid dienone is 5. The molecule has 2 saturated carbocycles. The second-order valence-corrected chi connectivity index (χ2v) is 7.02. The lowest BCUT2D eigenvalue weighted by Gasteiger charge is -2.24. The molecule has 0 radical (unpaired) electrons. The lowest BCUT2D eigenvalue weighted by molar-refractivity contribution is 0.396. The van der Waals surface area contributed by atoms with Crippen molar-refractivity contribution < 1.29 is 4.39 Å². The number of rotatable bonds is 9. The highest BCUT2D eigenvalue weighted by atomic mass is 19.1. The molecule has 0 aliphatic heterocycles. The van der Waals surface area contributed by atoms with Gasteiger partial charge in [0, 0.05) is 24.4 Å². The molecule has 2 aliphatic carbocycles. The van der Waals surface area contributed by atoms with Crippen LogP contribution in [0.15, 0.2) is 53.2 Å². The van der Waals surface area contributed by atoms with Crippen LogP contribution in [0.3, 0.4) is 0 Å². The molecular formula is C21H32FN3. The third-order valence-electron chi connectivity index (χ3n) is 4.98. The Morgan fingerprint density at radius 3 is 2.40 bits per heavy atom. The summed E-state index contributed by atoms with van der Waals surface area (Å²) in [4.78, 5) is 4.51. The highest BCUT2D eigenvalue weighted by Gasteiger charge is 2.25. The summed E-state index contributed by atoms with van der Waals surface area (Å²) < 4.78 is 14.6. The van der Waals surface area contributed by atoms with Crippen molar-refractivity contribution in [3.8, 4) is 0 Å². The summed E-state index contributed by atoms with van der Waals surface area (Å²) in [6, 6.07) is 0.395. The van der Waals surface area contributed by atoms with Crippen LogP contribution >= 0.6 is 0 Å². The van der Waals surface area contributed by atoms with Crippen molar-refractivity contribution in [3.63, 3.8) is 0 Å². The van der Waals surface area contributed by atoms with Crippen LogP contribution in [-0.2, 0) is 0 Å². The predicted octanol–water partition coefficient (Wildman–Crippen LogP) is 5.15. The molecule has 0 aromatic rings. The molecule has 0 aromatic heterocycles. The standard InChI is InChI=1S/C21H32FN3/c1-5-18(20(23-4)14-16-12-13-16)21(19(22)6-2)25-15(3)24-17-10-8-7-9-11-17/h5-6,16-17,23-24H,1,3,7-14H2,2,4H3/b19-6+,20-18+,25-21-. The van der Waals surface area contributed by atoms with E-state index in [9.17, 15) is 4.39 Å². The van der Waals surface area contributed by atoms with Gasteiger partial charge in [-0.2, -0.15) is 0 Å². The summed E-state index contributed by atoms with van der Waals surface area (Å²) in [7, 11) is 1.88. The maximum Gasteiger partial charge on any atom is 0.145 e. The first-order valence-electron chi connectivity index (χ1n) is 9.49. The molecule has 2 fully saturated rings. The van der Waals surface area contributed by atoms with Gasteiger partial charge in [-0.15, -0.1) is 0 Å². The van der Waals surface area contributed by atoms with E-state index < -0.39 is 0 Å². The Bertz CT molecular complexity index is 576. The van der Waals surface area contributed by atoms with Crippen LogP contribution in [0.2, 0.25) is 0 Å². The summed E-state index contributed by atoms with van der Waals surface area (Å²) in [6.45, 7) is 9.59. The van der Waals surface area contributed by atoms with Crippen LogP contribution in [0.1, 0.15) is 58.3 Å². The van der Waals surface area contributed by atoms with E-state index in [1.807, 2.05) is 7.05 Å². The number of hydrogen-bond acceptors (Lipinski definition) is 3. The van der Waals surface area contributed by atoms with E-state index in [4.69, 9.17) is 0 Å². The maximum atomic E-state index is 14.6. The molecule has 0 bridgehead atoms. The Morgan fingerprint density at radius 2 is 1.88 bits per heavy atom. The minimum atomic E-state index is -0.343. The first-order valence-corrected chi connectivity index (χ1v) is 9.49. The van der Waals surface area contributed by atoms with Crippen molar-refractivity contribution in [2.24, 2.45) is 10.9 Å². The van der Waals surface area contributed by atoms with Crippen molar-refractivity contribution >= 4 is 5.71 Å². The number of nitrogens with zero attached hydrogens (tertiary/aromatic N) is 1. The molecule has 0 amide bonds. The summed E-state index contributed by atoms with van der Waals surface area (Å²) in [6.07, 6.45) is 12.5. The fourth-order valence-corrected chi connectivity index (χ4v) is 3.35. The number of aliphatic imine (C=N–C) groups is 1. The molecule has 3 nitrogen and oxygen atoms in total. The average Bonchev–Trinajstić information content (AvgIpc) is 3.44. The van der Waals surface area contributed by atoms with Gasteiger partial charge in [0.15, 0.2) is 0 Å². The molecule has 0 heterocycles. The molecule has 2 rings (SSSR count). The molecular weight excluding hydrogens is 313 g/mol. The van der Waals surface area contributed by atoms with Gasteiger partial charge in [-0.05, 0) is 51.0 Å². The predicted molar refractivity (Wildman–Crippen MR) is 105 cm³/mol. The van der Waals surface area contributed by atoms with Crippen LogP contribution < -0.4 is 10.6 Å². The van der Waals surface area contributed by atoms with Crippen molar-refractivity contribution in [3.05, 3.63) is 48.2 Å². The van der Waals surface area contributed by atoms with Crippen LogP contribution in [0.5, 0.6) is 0 Å². The monoisotopic (exact) mass is 345 g/mol. The number of nitrogens with one attached hydrogen (secondary N) is 2. The Hall–Kier alpha value is -1.84. The molecule has 0 spiro atoms. The van der Waals surface area contributed by atoms with Gasteiger partial charge in [-0.1, -0.05) is 38.5 Å². The van der Waals surface area contributed by atoms with Crippen molar-refractivity contribution in [1.29, 1.82) is 0 Å². The maximum absolute atomic E-state index is 14.6. The van der Waals surface area contributed by atoms with Gasteiger partial charge >= 0.3 is 0 Å². The van der Waals surface area contributed by atoms with Crippen LogP contribution in [0, 0.1) is 5.92 Å². The average molecular weight is 346 g/mol. The smallest absolute Gasteiger partial charge is 0.145 e. The Kier molecular flexibility index (Phi) is 7.48. The zero-order chi connectivity index (χ0) is 18.2. The SMILES string of the molecule is C=CC(/C(=N/C(=C)NC1CCCCC1)C(/F)=C\C)=C(/CC1CC1)NC. The van der Waals surface area contributed by atoms with Crippen LogP contribution in [0.25, 0.3) is 0 Å². The first kappa shape index (κ1) is 19.5. The topological polar surface area (TPSA) is 36.4 Å². The second kappa shape index (κ2) is 9.59. The van der Waals surface area contributed by atoms with E-state index in [1.54, 1.807) is 13.0 Å². The molecule has 0 unspecified atom stereocenters. The zero-order valence-electron chi connectivity index (χ0n) is 15.7. The molecule has 0 saturated heterocycles. The Labute approximate surface area is 151 Å². The third-order valence-corrected chi connectivity index (χ3v) is 4.98. The molecule has 4 heteroatoms. The third kappa shape index (κ3) is 5.87. The lowest BCUT2D eigenvalue weighted by Crippen LogP contribution is -2.30. The molecule has 0 aromatic carbocycles. The largest absolute Gasteiger partial charge is 0.391 e. The Balaban J connectivity index is 2.24. The van der Waals surface area contributed by atoms with E-state index in [-0.39, 0.29) is 5.83 Å². The minimum Gasteiger partial charge on any atom is -0.391 e. The van der Waals surface area contributed by atoms with E-state index >= 15 is 0 Å². The minimum absolute atomic E-state index is 0.316. The molecule has 2 N–H and O–H groups in total. The summed E-state index contributed by atoms with van der Waals surface area (Å²) >= 11 is 0. The van der Waals surface area contributed by atoms with Crippen molar-refractivity contribution in [2.75, 3.05) is 7.05 Å². The van der Waals surface area contributed by atoms with E-state index in [2.05, 4.69) is 28.8 Å². The first-order chi connectivity index (χ1) is 12.1. The second-order valence-electron chi connectivity index (χ2n) is 7.02. The summed E-state index contributed by atoms with van der Waals surface area (Å²) in [5, 5.41) is 6.59. The highest BCUT2D eigenvalue weighted by molar-refractivity contribution is 6.13. The fraction of sp³-hybridized carbons (Fsp3) is 0.571. The van der Waals surface area contributed by atoms with Crippen LogP contribution in [0.4, 0.5) is 4.39 Å². The van der Waals surface area contributed by atoms with E-state index in [0.29, 0.717) is 23.5 Å². The molecule has 138 valence electrons. The lowest BCUT2D eigenvalue weighted by atomic mass is 9.95. The van der Waals surface area contributed by atoms with Crippen molar-refractivity contribution in [2.45, 2.75) is 64.3 Å². The normalized spacial score (nSPS) is 20.8. The van der Waals surface area contributed by atoms with Gasteiger partial charge in [-0.25, -0.2) is 9.38 Å².